The maximum atomic E-state index is 10.7. The van der Waals surface area contributed by atoms with E-state index in [9.17, 15) is 10.1 Å². The standard InChI is InChI=1S/C10H9BrN4O2/c1-7(11)10-6-14(13-12-10)8-3-2-4-9(5-8)15(16)17/h2-7H,1H3. The molecule has 1 atom stereocenters. The minimum absolute atomic E-state index is 0.0337. The highest BCUT2D eigenvalue weighted by atomic mass is 79.9. The first-order valence-electron chi connectivity index (χ1n) is 4.89. The number of rotatable bonds is 3. The number of benzene rings is 1. The molecule has 0 saturated heterocycles. The lowest BCUT2D eigenvalue weighted by Gasteiger charge is -1.99. The van der Waals surface area contributed by atoms with Gasteiger partial charge in [-0.25, -0.2) is 4.68 Å². The largest absolute Gasteiger partial charge is 0.271 e. The Morgan fingerprint density at radius 1 is 1.53 bits per heavy atom. The first kappa shape index (κ1) is 11.7. The molecule has 0 fully saturated rings. The number of hydrogen-bond donors (Lipinski definition) is 0. The zero-order chi connectivity index (χ0) is 12.4. The van der Waals surface area contributed by atoms with Gasteiger partial charge in [0, 0.05) is 12.1 Å². The van der Waals surface area contributed by atoms with Crippen LogP contribution in [0, 0.1) is 10.1 Å². The van der Waals surface area contributed by atoms with Crippen LogP contribution in [0.1, 0.15) is 17.4 Å². The van der Waals surface area contributed by atoms with Gasteiger partial charge in [-0.1, -0.05) is 27.2 Å². The molecule has 0 spiro atoms. The predicted molar refractivity (Wildman–Crippen MR) is 65.4 cm³/mol. The van der Waals surface area contributed by atoms with Crippen molar-refractivity contribution in [3.05, 3.63) is 46.3 Å². The molecule has 0 aliphatic rings. The van der Waals surface area contributed by atoms with Crippen LogP contribution >= 0.6 is 15.9 Å². The van der Waals surface area contributed by atoms with Crippen LogP contribution in [0.2, 0.25) is 0 Å². The van der Waals surface area contributed by atoms with Crippen molar-refractivity contribution in [2.24, 2.45) is 0 Å². The SMILES string of the molecule is CC(Br)c1cn(-c2cccc([N+](=O)[O-])c2)nn1. The molecular weight excluding hydrogens is 288 g/mol. The van der Waals surface area contributed by atoms with Gasteiger partial charge >= 0.3 is 0 Å². The predicted octanol–water partition coefficient (Wildman–Crippen LogP) is 2.63. The van der Waals surface area contributed by atoms with Crippen molar-refractivity contribution in [2.75, 3.05) is 0 Å². The third-order valence-corrected chi connectivity index (χ3v) is 2.69. The molecule has 0 saturated carbocycles. The Kier molecular flexibility index (Phi) is 3.19. The fraction of sp³-hybridized carbons (Fsp3) is 0.200. The van der Waals surface area contributed by atoms with E-state index in [2.05, 4.69) is 26.2 Å². The maximum Gasteiger partial charge on any atom is 0.271 e. The van der Waals surface area contributed by atoms with Gasteiger partial charge in [0.2, 0.25) is 0 Å². The second kappa shape index (κ2) is 4.62. The van der Waals surface area contributed by atoms with Crippen molar-refractivity contribution in [3.63, 3.8) is 0 Å². The first-order chi connectivity index (χ1) is 8.08. The van der Waals surface area contributed by atoms with Gasteiger partial charge in [0.05, 0.1) is 27.3 Å². The molecule has 0 amide bonds. The summed E-state index contributed by atoms with van der Waals surface area (Å²) in [6, 6.07) is 6.25. The Hall–Kier alpha value is -1.76. The van der Waals surface area contributed by atoms with Crippen LogP contribution in [0.15, 0.2) is 30.5 Å². The summed E-state index contributed by atoms with van der Waals surface area (Å²) in [6.45, 7) is 1.93. The Morgan fingerprint density at radius 2 is 2.29 bits per heavy atom. The molecule has 88 valence electrons. The summed E-state index contributed by atoms with van der Waals surface area (Å²) in [7, 11) is 0. The first-order valence-corrected chi connectivity index (χ1v) is 5.80. The molecule has 2 rings (SSSR count). The van der Waals surface area contributed by atoms with E-state index in [1.54, 1.807) is 18.3 Å². The third kappa shape index (κ3) is 2.50. The van der Waals surface area contributed by atoms with E-state index in [0.717, 1.165) is 5.69 Å². The molecule has 1 heterocycles. The van der Waals surface area contributed by atoms with Crippen molar-refractivity contribution in [1.82, 2.24) is 15.0 Å². The van der Waals surface area contributed by atoms with E-state index < -0.39 is 4.92 Å². The van der Waals surface area contributed by atoms with E-state index in [0.29, 0.717) is 5.69 Å². The molecule has 0 aliphatic heterocycles. The second-order valence-corrected chi connectivity index (χ2v) is 4.85. The quantitative estimate of drug-likeness (QED) is 0.496. The van der Waals surface area contributed by atoms with Gasteiger partial charge in [-0.05, 0) is 13.0 Å². The van der Waals surface area contributed by atoms with Gasteiger partial charge in [-0.2, -0.15) is 0 Å². The molecule has 6 nitrogen and oxygen atoms in total. The summed E-state index contributed by atoms with van der Waals surface area (Å²) in [5.41, 5.74) is 1.43. The number of halogens is 1. The zero-order valence-electron chi connectivity index (χ0n) is 8.95. The van der Waals surface area contributed by atoms with Gasteiger partial charge in [-0.15, -0.1) is 5.10 Å². The smallest absolute Gasteiger partial charge is 0.258 e. The van der Waals surface area contributed by atoms with E-state index in [1.165, 1.54) is 16.8 Å². The Balaban J connectivity index is 2.38. The van der Waals surface area contributed by atoms with Gasteiger partial charge in [0.15, 0.2) is 0 Å². The zero-order valence-corrected chi connectivity index (χ0v) is 10.5. The van der Waals surface area contributed by atoms with E-state index in [4.69, 9.17) is 0 Å². The lowest BCUT2D eigenvalue weighted by Crippen LogP contribution is -1.96. The second-order valence-electron chi connectivity index (χ2n) is 3.48. The minimum atomic E-state index is -0.436. The lowest BCUT2D eigenvalue weighted by molar-refractivity contribution is -0.384. The maximum absolute atomic E-state index is 10.7. The highest BCUT2D eigenvalue weighted by molar-refractivity contribution is 9.09. The highest BCUT2D eigenvalue weighted by Crippen LogP contribution is 2.21. The van der Waals surface area contributed by atoms with Crippen LogP contribution in [0.3, 0.4) is 0 Å². The van der Waals surface area contributed by atoms with E-state index >= 15 is 0 Å². The normalized spacial score (nSPS) is 12.4. The van der Waals surface area contributed by atoms with Gasteiger partial charge in [-0.3, -0.25) is 10.1 Å². The Morgan fingerprint density at radius 3 is 2.88 bits per heavy atom. The van der Waals surface area contributed by atoms with Crippen LogP contribution in [0.25, 0.3) is 5.69 Å². The molecule has 0 N–H and O–H groups in total. The average molecular weight is 297 g/mol. The lowest BCUT2D eigenvalue weighted by atomic mass is 10.3. The Bertz CT molecular complexity index is 553. The molecule has 1 aromatic carbocycles. The van der Waals surface area contributed by atoms with E-state index in [-0.39, 0.29) is 10.5 Å². The number of non-ortho nitro benzene ring substituents is 1. The number of aromatic nitrogens is 3. The van der Waals surface area contributed by atoms with Gasteiger partial charge in [0.1, 0.15) is 0 Å². The Labute approximate surface area is 106 Å². The molecule has 0 bridgehead atoms. The van der Waals surface area contributed by atoms with Crippen molar-refractivity contribution >= 4 is 21.6 Å². The molecule has 1 unspecified atom stereocenters. The van der Waals surface area contributed by atoms with Crippen LogP contribution in [-0.4, -0.2) is 19.9 Å². The van der Waals surface area contributed by atoms with Crippen LogP contribution in [0.5, 0.6) is 0 Å². The topological polar surface area (TPSA) is 73.8 Å². The minimum Gasteiger partial charge on any atom is -0.258 e. The van der Waals surface area contributed by atoms with Crippen LogP contribution in [-0.2, 0) is 0 Å². The molecule has 2 aromatic rings. The average Bonchev–Trinajstić information content (AvgIpc) is 2.78. The number of nitro benzene ring substituents is 1. The number of alkyl halides is 1. The molecule has 7 heteroatoms. The molecular formula is C10H9BrN4O2. The number of nitro groups is 1. The third-order valence-electron chi connectivity index (χ3n) is 2.22. The summed E-state index contributed by atoms with van der Waals surface area (Å²) in [5, 5.41) is 18.5. The number of nitrogens with zero attached hydrogens (tertiary/aromatic N) is 4. The van der Waals surface area contributed by atoms with Gasteiger partial charge < -0.3 is 0 Å². The van der Waals surface area contributed by atoms with Crippen molar-refractivity contribution in [1.29, 1.82) is 0 Å². The van der Waals surface area contributed by atoms with Crippen LogP contribution in [0.4, 0.5) is 5.69 Å². The fourth-order valence-electron chi connectivity index (χ4n) is 1.33. The summed E-state index contributed by atoms with van der Waals surface area (Å²) in [5.74, 6) is 0. The summed E-state index contributed by atoms with van der Waals surface area (Å²) >= 11 is 3.38. The van der Waals surface area contributed by atoms with Gasteiger partial charge in [0.25, 0.3) is 5.69 Å². The number of hydrogen-bond acceptors (Lipinski definition) is 4. The van der Waals surface area contributed by atoms with Crippen molar-refractivity contribution < 1.29 is 4.92 Å². The molecule has 0 radical (unpaired) electrons. The fourth-order valence-corrected chi connectivity index (χ4v) is 1.54. The molecule has 17 heavy (non-hydrogen) atoms. The summed E-state index contributed by atoms with van der Waals surface area (Å²) in [6.07, 6.45) is 1.73. The van der Waals surface area contributed by atoms with Crippen molar-refractivity contribution in [3.8, 4) is 5.69 Å². The van der Waals surface area contributed by atoms with Crippen molar-refractivity contribution in [2.45, 2.75) is 11.8 Å². The summed E-state index contributed by atoms with van der Waals surface area (Å²) < 4.78 is 1.51. The summed E-state index contributed by atoms with van der Waals surface area (Å²) in [4.78, 5) is 10.3. The molecule has 0 aliphatic carbocycles. The molecule has 1 aromatic heterocycles. The highest BCUT2D eigenvalue weighted by Gasteiger charge is 2.10. The monoisotopic (exact) mass is 296 g/mol. The van der Waals surface area contributed by atoms with E-state index in [1.807, 2.05) is 6.92 Å². The van der Waals surface area contributed by atoms with Crippen LogP contribution < -0.4 is 0 Å².